The van der Waals surface area contributed by atoms with Crippen molar-refractivity contribution >= 4 is 11.8 Å². The number of benzene rings is 1. The average molecular weight is 466 g/mol. The summed E-state index contributed by atoms with van der Waals surface area (Å²) in [6.45, 7) is 1.37. The number of amides is 2. The van der Waals surface area contributed by atoms with Gasteiger partial charge in [-0.15, -0.1) is 0 Å². The molecule has 4 rings (SSSR count). The van der Waals surface area contributed by atoms with Crippen LogP contribution in [-0.2, 0) is 0 Å². The maximum absolute atomic E-state index is 13.8. The Kier molecular flexibility index (Phi) is 8.03. The number of aromatic nitrogens is 1. The molecule has 1 aliphatic carbocycles. The van der Waals surface area contributed by atoms with Gasteiger partial charge in [0, 0.05) is 26.3 Å². The van der Waals surface area contributed by atoms with E-state index >= 15 is 0 Å². The molecule has 2 heterocycles. The van der Waals surface area contributed by atoms with E-state index in [1.165, 1.54) is 0 Å². The van der Waals surface area contributed by atoms with Gasteiger partial charge in [-0.2, -0.15) is 0 Å². The second-order valence-corrected chi connectivity index (χ2v) is 9.20. The first-order valence-corrected chi connectivity index (χ1v) is 12.4. The second-order valence-electron chi connectivity index (χ2n) is 9.20. The third kappa shape index (κ3) is 5.34. The fourth-order valence-corrected chi connectivity index (χ4v) is 5.06. The van der Waals surface area contributed by atoms with Crippen LogP contribution in [0.3, 0.4) is 0 Å². The van der Waals surface area contributed by atoms with Crippen molar-refractivity contribution in [2.45, 2.75) is 63.5 Å². The maximum Gasteiger partial charge on any atom is 0.259 e. The molecule has 2 atom stereocenters. The molecule has 7 heteroatoms. The van der Waals surface area contributed by atoms with Crippen molar-refractivity contribution in [3.8, 4) is 11.6 Å². The highest BCUT2D eigenvalue weighted by atomic mass is 16.5. The van der Waals surface area contributed by atoms with Crippen molar-refractivity contribution in [2.24, 2.45) is 0 Å². The number of carbonyl (C=O) groups is 2. The lowest BCUT2D eigenvalue weighted by atomic mass is 9.90. The highest BCUT2D eigenvalue weighted by Gasteiger charge is 2.36. The van der Waals surface area contributed by atoms with E-state index in [0.717, 1.165) is 51.4 Å². The van der Waals surface area contributed by atoms with E-state index < -0.39 is 0 Å². The summed E-state index contributed by atoms with van der Waals surface area (Å²) in [6.07, 6.45) is 9.11. The Labute approximate surface area is 202 Å². The summed E-state index contributed by atoms with van der Waals surface area (Å²) in [7, 11) is 3.40. The fraction of sp³-hybridized carbons (Fsp3) is 0.519. The molecule has 1 aromatic heterocycles. The maximum atomic E-state index is 13.8. The van der Waals surface area contributed by atoms with Crippen LogP contribution in [0.4, 0.5) is 0 Å². The normalized spacial score (nSPS) is 22.1. The van der Waals surface area contributed by atoms with Crippen molar-refractivity contribution in [1.82, 2.24) is 14.8 Å². The molecule has 34 heavy (non-hydrogen) atoms. The van der Waals surface area contributed by atoms with E-state index in [2.05, 4.69) is 4.98 Å². The van der Waals surface area contributed by atoms with E-state index in [4.69, 9.17) is 9.47 Å². The molecular formula is C27H35N3O4. The average Bonchev–Trinajstić information content (AvgIpc) is 2.88. The second kappa shape index (κ2) is 11.4. The number of carbonyl (C=O) groups excluding carboxylic acids is 2. The number of ether oxygens (including phenoxy) is 2. The summed E-state index contributed by atoms with van der Waals surface area (Å²) >= 11 is 0. The van der Waals surface area contributed by atoms with Crippen molar-refractivity contribution in [3.05, 3.63) is 53.7 Å². The zero-order valence-electron chi connectivity index (χ0n) is 20.2. The minimum absolute atomic E-state index is 0.0203. The van der Waals surface area contributed by atoms with Crippen LogP contribution in [0.25, 0.3) is 0 Å². The van der Waals surface area contributed by atoms with Crippen LogP contribution >= 0.6 is 0 Å². The molecule has 2 aliphatic rings. The van der Waals surface area contributed by atoms with Crippen LogP contribution in [0.15, 0.2) is 42.6 Å². The number of nitrogens with zero attached hydrogens (tertiary/aromatic N) is 3. The molecular weight excluding hydrogens is 430 g/mol. The van der Waals surface area contributed by atoms with Gasteiger partial charge in [0.2, 0.25) is 5.88 Å². The lowest BCUT2D eigenvalue weighted by Gasteiger charge is -2.40. The van der Waals surface area contributed by atoms with Crippen LogP contribution in [0, 0.1) is 0 Å². The van der Waals surface area contributed by atoms with Gasteiger partial charge in [0.1, 0.15) is 17.4 Å². The molecule has 7 nitrogen and oxygen atoms in total. The van der Waals surface area contributed by atoms with Gasteiger partial charge in [0.25, 0.3) is 11.8 Å². The van der Waals surface area contributed by atoms with Gasteiger partial charge in [-0.1, -0.05) is 31.4 Å². The van der Waals surface area contributed by atoms with E-state index in [1.54, 1.807) is 30.3 Å². The highest BCUT2D eigenvalue weighted by Crippen LogP contribution is 2.32. The molecule has 1 aliphatic heterocycles. The molecule has 0 radical (unpaired) electrons. The number of fused-ring (bicyclic) bond motifs is 2. The predicted molar refractivity (Wildman–Crippen MR) is 130 cm³/mol. The van der Waals surface area contributed by atoms with Gasteiger partial charge in [0.05, 0.1) is 18.7 Å². The number of hydrogen-bond donors (Lipinski definition) is 0. The molecule has 0 saturated heterocycles. The summed E-state index contributed by atoms with van der Waals surface area (Å²) in [5.41, 5.74) is 1.06. The molecule has 1 saturated carbocycles. The van der Waals surface area contributed by atoms with Crippen LogP contribution in [-0.4, -0.2) is 66.0 Å². The summed E-state index contributed by atoms with van der Waals surface area (Å²) in [5, 5.41) is 0. The molecule has 1 fully saturated rings. The molecule has 1 aromatic carbocycles. The van der Waals surface area contributed by atoms with Gasteiger partial charge in [0.15, 0.2) is 0 Å². The number of hydrogen-bond acceptors (Lipinski definition) is 5. The summed E-state index contributed by atoms with van der Waals surface area (Å²) in [5.74, 6) is 0.855. The predicted octanol–water partition coefficient (Wildman–Crippen LogP) is 4.57. The lowest BCUT2D eigenvalue weighted by Crippen LogP contribution is -2.51. The Balaban J connectivity index is 1.69. The lowest BCUT2D eigenvalue weighted by molar-refractivity contribution is 0.0265. The first-order valence-electron chi connectivity index (χ1n) is 12.4. The summed E-state index contributed by atoms with van der Waals surface area (Å²) in [4.78, 5) is 35.0. The first kappa shape index (κ1) is 24.0. The topological polar surface area (TPSA) is 72.0 Å². The molecule has 0 N–H and O–H groups in total. The van der Waals surface area contributed by atoms with Gasteiger partial charge in [-0.05, 0) is 56.4 Å². The Bertz CT molecular complexity index is 995. The van der Waals surface area contributed by atoms with E-state index in [-0.39, 0.29) is 24.0 Å². The van der Waals surface area contributed by atoms with Crippen LogP contribution in [0.2, 0.25) is 0 Å². The monoisotopic (exact) mass is 465 g/mol. The van der Waals surface area contributed by atoms with Crippen molar-refractivity contribution in [2.75, 3.05) is 27.2 Å². The van der Waals surface area contributed by atoms with Gasteiger partial charge in [-0.25, -0.2) is 4.98 Å². The Morgan fingerprint density at radius 1 is 1.00 bits per heavy atom. The third-order valence-electron chi connectivity index (χ3n) is 6.91. The van der Waals surface area contributed by atoms with Crippen molar-refractivity contribution < 1.29 is 19.1 Å². The smallest absolute Gasteiger partial charge is 0.259 e. The molecule has 0 bridgehead atoms. The Morgan fingerprint density at radius 2 is 1.76 bits per heavy atom. The molecule has 2 amide bonds. The molecule has 0 unspecified atom stereocenters. The fourth-order valence-electron chi connectivity index (χ4n) is 5.06. The highest BCUT2D eigenvalue weighted by molar-refractivity contribution is 5.97. The van der Waals surface area contributed by atoms with Gasteiger partial charge < -0.3 is 19.3 Å². The number of rotatable bonds is 2. The van der Waals surface area contributed by atoms with E-state index in [1.807, 2.05) is 36.2 Å². The zero-order chi connectivity index (χ0) is 23.9. The Morgan fingerprint density at radius 3 is 2.59 bits per heavy atom. The number of para-hydroxylation sites is 1. The first-order chi connectivity index (χ1) is 16.6. The Hall–Kier alpha value is -3.09. The minimum Gasteiger partial charge on any atom is -0.487 e. The van der Waals surface area contributed by atoms with Crippen molar-refractivity contribution in [3.63, 3.8) is 0 Å². The third-order valence-corrected chi connectivity index (χ3v) is 6.91. The van der Waals surface area contributed by atoms with Crippen LogP contribution in [0.5, 0.6) is 11.6 Å². The molecule has 0 spiro atoms. The standard InChI is InChI=1S/C27H35N3O4/c1-29-18-9-3-4-10-19-30(27(32)21-13-11-17-28-25(21)33-2)22-14-6-8-16-24(22)34-23-15-7-5-12-20(23)26(29)31/h5,7,11-13,15,17,22,24H,3-4,6,8-10,14,16,18-19H2,1-2H3/t22-,24+/m1/s1. The molecule has 182 valence electrons. The zero-order valence-corrected chi connectivity index (χ0v) is 20.2. The summed E-state index contributed by atoms with van der Waals surface area (Å²) in [6, 6.07) is 11.0. The minimum atomic E-state index is -0.178. The van der Waals surface area contributed by atoms with Crippen molar-refractivity contribution in [1.29, 1.82) is 0 Å². The largest absolute Gasteiger partial charge is 0.487 e. The van der Waals surface area contributed by atoms with E-state index in [0.29, 0.717) is 35.8 Å². The SMILES string of the molecule is COc1ncccc1C(=O)N1CCCCCCN(C)C(=O)c2ccccc2O[C@H]2CCCC[C@H]21. The van der Waals surface area contributed by atoms with Gasteiger partial charge in [-0.3, -0.25) is 9.59 Å². The van der Waals surface area contributed by atoms with E-state index in [9.17, 15) is 9.59 Å². The molecule has 2 aromatic rings. The quantitative estimate of drug-likeness (QED) is 0.650. The summed E-state index contributed by atoms with van der Waals surface area (Å²) < 4.78 is 11.9. The number of pyridine rings is 1. The van der Waals surface area contributed by atoms with Gasteiger partial charge >= 0.3 is 0 Å². The van der Waals surface area contributed by atoms with Crippen LogP contribution in [0.1, 0.15) is 72.1 Å². The number of methoxy groups -OCH3 is 1. The van der Waals surface area contributed by atoms with Crippen LogP contribution < -0.4 is 9.47 Å².